The molecular formula is C19H17FN2O3. The molecule has 3 rings (SSSR count). The molecule has 0 unspecified atom stereocenters. The SMILES string of the molecule is C[C@H](COc1ccc(F)cc1)NC(=O)c1c[nH]c(=O)c2ccccc12. The van der Waals surface area contributed by atoms with Crippen LogP contribution in [0.3, 0.4) is 0 Å². The largest absolute Gasteiger partial charge is 0.491 e. The van der Waals surface area contributed by atoms with Crippen molar-refractivity contribution in [3.05, 3.63) is 76.5 Å². The van der Waals surface area contributed by atoms with Gasteiger partial charge in [0.2, 0.25) is 0 Å². The van der Waals surface area contributed by atoms with Gasteiger partial charge in [-0.2, -0.15) is 0 Å². The molecule has 2 N–H and O–H groups in total. The van der Waals surface area contributed by atoms with E-state index in [1.165, 1.54) is 30.5 Å². The average Bonchev–Trinajstić information content (AvgIpc) is 2.61. The van der Waals surface area contributed by atoms with Gasteiger partial charge in [0.1, 0.15) is 18.2 Å². The van der Waals surface area contributed by atoms with Crippen molar-refractivity contribution in [1.29, 1.82) is 0 Å². The number of ether oxygens (including phenoxy) is 1. The predicted octanol–water partition coefficient (Wildman–Crippen LogP) is 2.86. The first kappa shape index (κ1) is 16.7. The summed E-state index contributed by atoms with van der Waals surface area (Å²) in [5.41, 5.74) is 0.156. The van der Waals surface area contributed by atoms with E-state index in [1.54, 1.807) is 31.2 Å². The van der Waals surface area contributed by atoms with E-state index in [1.807, 2.05) is 0 Å². The topological polar surface area (TPSA) is 71.2 Å². The third kappa shape index (κ3) is 3.85. The van der Waals surface area contributed by atoms with E-state index >= 15 is 0 Å². The number of H-pyrrole nitrogens is 1. The summed E-state index contributed by atoms with van der Waals surface area (Å²) >= 11 is 0. The molecule has 2 aromatic carbocycles. The molecule has 1 amide bonds. The molecule has 0 spiro atoms. The number of fused-ring (bicyclic) bond motifs is 1. The lowest BCUT2D eigenvalue weighted by atomic mass is 10.1. The van der Waals surface area contributed by atoms with Crippen LogP contribution in [0.25, 0.3) is 10.8 Å². The fourth-order valence-corrected chi connectivity index (χ4v) is 2.49. The van der Waals surface area contributed by atoms with Crippen LogP contribution in [-0.2, 0) is 0 Å². The molecule has 0 aliphatic rings. The van der Waals surface area contributed by atoms with E-state index in [9.17, 15) is 14.0 Å². The molecule has 25 heavy (non-hydrogen) atoms. The van der Waals surface area contributed by atoms with Crippen molar-refractivity contribution in [2.75, 3.05) is 6.61 Å². The maximum absolute atomic E-state index is 12.9. The Morgan fingerprint density at radius 2 is 1.84 bits per heavy atom. The Morgan fingerprint density at radius 1 is 1.16 bits per heavy atom. The highest BCUT2D eigenvalue weighted by Gasteiger charge is 2.14. The van der Waals surface area contributed by atoms with Crippen LogP contribution in [0.1, 0.15) is 17.3 Å². The Labute approximate surface area is 143 Å². The first-order valence-corrected chi connectivity index (χ1v) is 7.84. The summed E-state index contributed by atoms with van der Waals surface area (Å²) in [6.07, 6.45) is 1.41. The molecule has 0 bridgehead atoms. The number of pyridine rings is 1. The van der Waals surface area contributed by atoms with Crippen LogP contribution in [0, 0.1) is 5.82 Å². The number of aromatic amines is 1. The fourth-order valence-electron chi connectivity index (χ4n) is 2.49. The Morgan fingerprint density at radius 3 is 2.56 bits per heavy atom. The minimum absolute atomic E-state index is 0.235. The number of benzene rings is 2. The molecule has 0 fully saturated rings. The van der Waals surface area contributed by atoms with E-state index in [2.05, 4.69) is 10.3 Å². The quantitative estimate of drug-likeness (QED) is 0.750. The molecule has 5 nitrogen and oxygen atoms in total. The molecule has 1 heterocycles. The highest BCUT2D eigenvalue weighted by molar-refractivity contribution is 6.06. The second-order valence-electron chi connectivity index (χ2n) is 5.72. The molecule has 1 atom stereocenters. The maximum Gasteiger partial charge on any atom is 0.255 e. The van der Waals surface area contributed by atoms with Gasteiger partial charge in [0.05, 0.1) is 11.6 Å². The molecule has 0 aliphatic heterocycles. The highest BCUT2D eigenvalue weighted by Crippen LogP contribution is 2.15. The lowest BCUT2D eigenvalue weighted by Crippen LogP contribution is -2.37. The molecule has 3 aromatic rings. The van der Waals surface area contributed by atoms with Crippen LogP contribution < -0.4 is 15.6 Å². The summed E-state index contributed by atoms with van der Waals surface area (Å²) in [7, 11) is 0. The van der Waals surface area contributed by atoms with E-state index in [0.29, 0.717) is 22.1 Å². The van der Waals surface area contributed by atoms with E-state index in [4.69, 9.17) is 4.74 Å². The Bertz CT molecular complexity index is 951. The van der Waals surface area contributed by atoms with Crippen LogP contribution in [0.2, 0.25) is 0 Å². The third-order valence-electron chi connectivity index (χ3n) is 3.75. The van der Waals surface area contributed by atoms with E-state index in [0.717, 1.165) is 0 Å². The molecular weight excluding hydrogens is 323 g/mol. The molecule has 128 valence electrons. The summed E-state index contributed by atoms with van der Waals surface area (Å²) in [4.78, 5) is 26.9. The molecule has 0 aliphatic carbocycles. The second-order valence-corrected chi connectivity index (χ2v) is 5.72. The van der Waals surface area contributed by atoms with Gasteiger partial charge in [-0.25, -0.2) is 4.39 Å². The van der Waals surface area contributed by atoms with Crippen LogP contribution in [0.15, 0.2) is 59.5 Å². The number of hydrogen-bond donors (Lipinski definition) is 2. The van der Waals surface area contributed by atoms with Gasteiger partial charge >= 0.3 is 0 Å². The van der Waals surface area contributed by atoms with Crippen molar-refractivity contribution >= 4 is 16.7 Å². The number of amides is 1. The van der Waals surface area contributed by atoms with E-state index < -0.39 is 0 Å². The van der Waals surface area contributed by atoms with Gasteiger partial charge in [-0.3, -0.25) is 9.59 Å². The van der Waals surface area contributed by atoms with Gasteiger partial charge in [0.25, 0.3) is 11.5 Å². The van der Waals surface area contributed by atoms with Crippen LogP contribution in [-0.4, -0.2) is 23.5 Å². The zero-order valence-electron chi connectivity index (χ0n) is 13.6. The number of hydrogen-bond acceptors (Lipinski definition) is 3. The van der Waals surface area contributed by atoms with Crippen LogP contribution in [0.5, 0.6) is 5.75 Å². The minimum atomic E-state index is -0.335. The number of aromatic nitrogens is 1. The third-order valence-corrected chi connectivity index (χ3v) is 3.75. The van der Waals surface area contributed by atoms with Gasteiger partial charge in [-0.05, 0) is 37.3 Å². The van der Waals surface area contributed by atoms with Crippen molar-refractivity contribution in [1.82, 2.24) is 10.3 Å². The summed E-state index contributed by atoms with van der Waals surface area (Å²) in [5, 5.41) is 3.89. The standard InChI is InChI=1S/C19H17FN2O3/c1-12(11-25-14-8-6-13(20)7-9-14)22-19(24)17-10-21-18(23)16-5-3-2-4-15(16)17/h2-10,12H,11H2,1H3,(H,21,23)(H,22,24)/t12-/m1/s1. The summed E-state index contributed by atoms with van der Waals surface area (Å²) in [6.45, 7) is 2.04. The van der Waals surface area contributed by atoms with Crippen molar-refractivity contribution in [2.24, 2.45) is 0 Å². The lowest BCUT2D eigenvalue weighted by molar-refractivity contribution is 0.0928. The minimum Gasteiger partial charge on any atom is -0.491 e. The Balaban J connectivity index is 1.69. The highest BCUT2D eigenvalue weighted by atomic mass is 19.1. The van der Waals surface area contributed by atoms with Gasteiger partial charge < -0.3 is 15.0 Å². The zero-order chi connectivity index (χ0) is 17.8. The van der Waals surface area contributed by atoms with Gasteiger partial charge in [0.15, 0.2) is 0 Å². The van der Waals surface area contributed by atoms with Gasteiger partial charge in [-0.15, -0.1) is 0 Å². The number of carbonyl (C=O) groups is 1. The number of halogens is 1. The molecule has 0 radical (unpaired) electrons. The van der Waals surface area contributed by atoms with Crippen molar-refractivity contribution in [3.63, 3.8) is 0 Å². The summed E-state index contributed by atoms with van der Waals surface area (Å²) in [5.74, 6) is -0.113. The fraction of sp³-hybridized carbons (Fsp3) is 0.158. The number of carbonyl (C=O) groups excluding carboxylic acids is 1. The first-order valence-electron chi connectivity index (χ1n) is 7.84. The van der Waals surface area contributed by atoms with Gasteiger partial charge in [0, 0.05) is 17.0 Å². The molecule has 0 saturated heterocycles. The average molecular weight is 340 g/mol. The first-order chi connectivity index (χ1) is 12.0. The number of nitrogens with one attached hydrogen (secondary N) is 2. The normalized spacial score (nSPS) is 11.9. The number of rotatable bonds is 5. The second kappa shape index (κ2) is 7.17. The van der Waals surface area contributed by atoms with Gasteiger partial charge in [-0.1, -0.05) is 18.2 Å². The zero-order valence-corrected chi connectivity index (χ0v) is 13.6. The van der Waals surface area contributed by atoms with Crippen molar-refractivity contribution < 1.29 is 13.9 Å². The van der Waals surface area contributed by atoms with Crippen molar-refractivity contribution in [3.8, 4) is 5.75 Å². The molecule has 1 aromatic heterocycles. The lowest BCUT2D eigenvalue weighted by Gasteiger charge is -2.15. The maximum atomic E-state index is 12.9. The Kier molecular flexibility index (Phi) is 4.79. The summed E-state index contributed by atoms with van der Waals surface area (Å²) in [6, 6.07) is 12.3. The van der Waals surface area contributed by atoms with Crippen LogP contribution in [0.4, 0.5) is 4.39 Å². The Hall–Kier alpha value is -3.15. The van der Waals surface area contributed by atoms with Crippen molar-refractivity contribution in [2.45, 2.75) is 13.0 Å². The van der Waals surface area contributed by atoms with E-state index in [-0.39, 0.29) is 29.9 Å². The summed E-state index contributed by atoms with van der Waals surface area (Å²) < 4.78 is 18.4. The smallest absolute Gasteiger partial charge is 0.255 e. The monoisotopic (exact) mass is 340 g/mol. The van der Waals surface area contributed by atoms with Crippen LogP contribution >= 0.6 is 0 Å². The molecule has 0 saturated carbocycles. The molecule has 6 heteroatoms. The predicted molar refractivity (Wildman–Crippen MR) is 93.4 cm³/mol.